The molecule has 27 heavy (non-hydrogen) atoms. The van der Waals surface area contributed by atoms with Crippen LogP contribution >= 0.6 is 0 Å². The van der Waals surface area contributed by atoms with Gasteiger partial charge in [-0.2, -0.15) is 0 Å². The molecular weight excluding hydrogens is 340 g/mol. The van der Waals surface area contributed by atoms with Gasteiger partial charge in [-0.05, 0) is 18.6 Å². The first kappa shape index (κ1) is 18.8. The first-order chi connectivity index (χ1) is 13.2. The molecule has 0 fully saturated rings. The number of likely N-dealkylation sites (N-methyl/N-ethyl adjacent to an activating group) is 1. The first-order valence-corrected chi connectivity index (χ1v) is 8.98. The van der Waals surface area contributed by atoms with Crippen LogP contribution in [0.1, 0.15) is 6.42 Å². The largest absolute Gasteiger partial charge is 0.385 e. The Morgan fingerprint density at radius 3 is 2.59 bits per heavy atom. The highest BCUT2D eigenvalue weighted by Gasteiger charge is 2.15. The number of para-hydroxylation sites is 1. The molecule has 1 heterocycles. The van der Waals surface area contributed by atoms with Crippen LogP contribution in [0.2, 0.25) is 0 Å². The normalized spacial score (nSPS) is 10.7. The van der Waals surface area contributed by atoms with E-state index >= 15 is 0 Å². The second-order valence-electron chi connectivity index (χ2n) is 6.31. The number of methoxy groups -OCH3 is 1. The number of aromatic nitrogens is 2. The number of ether oxygens (including phenoxy) is 1. The number of fused-ring (bicyclic) bond motifs is 1. The van der Waals surface area contributed by atoms with E-state index < -0.39 is 0 Å². The lowest BCUT2D eigenvalue weighted by molar-refractivity contribution is -0.119. The summed E-state index contributed by atoms with van der Waals surface area (Å²) in [7, 11) is 3.53. The van der Waals surface area contributed by atoms with Crippen molar-refractivity contribution < 1.29 is 9.53 Å². The zero-order chi connectivity index (χ0) is 19.1. The third kappa shape index (κ3) is 4.80. The fourth-order valence-electron chi connectivity index (χ4n) is 2.86. The molecule has 0 spiro atoms. The highest BCUT2D eigenvalue weighted by atomic mass is 16.5. The zero-order valence-electron chi connectivity index (χ0n) is 15.7. The van der Waals surface area contributed by atoms with Crippen molar-refractivity contribution in [3.8, 4) is 11.4 Å². The molecule has 0 bridgehead atoms. The van der Waals surface area contributed by atoms with E-state index in [2.05, 4.69) is 10.3 Å². The van der Waals surface area contributed by atoms with Gasteiger partial charge in [-0.1, -0.05) is 42.5 Å². The van der Waals surface area contributed by atoms with Crippen molar-refractivity contribution in [1.29, 1.82) is 0 Å². The maximum atomic E-state index is 12.2. The van der Waals surface area contributed by atoms with E-state index in [0.717, 1.165) is 28.7 Å². The van der Waals surface area contributed by atoms with Crippen LogP contribution in [0.5, 0.6) is 0 Å². The number of amides is 1. The summed E-state index contributed by atoms with van der Waals surface area (Å²) in [6.07, 6.45) is 0.792. The minimum Gasteiger partial charge on any atom is -0.385 e. The third-order valence-electron chi connectivity index (χ3n) is 4.20. The van der Waals surface area contributed by atoms with Crippen molar-refractivity contribution in [2.75, 3.05) is 38.8 Å². The lowest BCUT2D eigenvalue weighted by Crippen LogP contribution is -2.36. The van der Waals surface area contributed by atoms with Crippen LogP contribution in [-0.2, 0) is 9.53 Å². The molecule has 140 valence electrons. The van der Waals surface area contributed by atoms with E-state index in [0.29, 0.717) is 19.0 Å². The Hall–Kier alpha value is -2.99. The maximum Gasteiger partial charge on any atom is 0.239 e. The fraction of sp³-hybridized carbons (Fsp3) is 0.286. The molecular formula is C21H24N4O2. The van der Waals surface area contributed by atoms with E-state index in [1.807, 2.05) is 66.5 Å². The molecule has 6 heteroatoms. The van der Waals surface area contributed by atoms with E-state index in [9.17, 15) is 4.79 Å². The quantitative estimate of drug-likeness (QED) is 0.623. The summed E-state index contributed by atoms with van der Waals surface area (Å²) in [5, 5.41) is 3.83. The molecule has 1 N–H and O–H groups in total. The summed E-state index contributed by atoms with van der Waals surface area (Å²) in [5.41, 5.74) is 1.80. The average Bonchev–Trinajstić information content (AvgIpc) is 2.71. The molecule has 1 aromatic heterocycles. The Labute approximate surface area is 159 Å². The van der Waals surface area contributed by atoms with E-state index in [1.165, 1.54) is 0 Å². The Morgan fingerprint density at radius 2 is 1.81 bits per heavy atom. The number of carbonyl (C=O) groups excluding carboxylic acids is 1. The third-order valence-corrected chi connectivity index (χ3v) is 4.20. The van der Waals surface area contributed by atoms with Gasteiger partial charge in [-0.15, -0.1) is 0 Å². The lowest BCUT2D eigenvalue weighted by Gasteiger charge is -2.20. The summed E-state index contributed by atoms with van der Waals surface area (Å²) < 4.78 is 5.00. The van der Waals surface area contributed by atoms with Gasteiger partial charge in [-0.25, -0.2) is 9.97 Å². The van der Waals surface area contributed by atoms with Gasteiger partial charge in [0.05, 0.1) is 12.1 Å². The van der Waals surface area contributed by atoms with Gasteiger partial charge in [0.2, 0.25) is 5.91 Å². The molecule has 0 atom stereocenters. The topological polar surface area (TPSA) is 67.3 Å². The summed E-state index contributed by atoms with van der Waals surface area (Å²) in [4.78, 5) is 23.5. The summed E-state index contributed by atoms with van der Waals surface area (Å²) in [6.45, 7) is 1.45. The SMILES string of the molecule is COCCCNC(=O)CN(C)c1nc(-c2ccccc2)nc2ccccc12. The van der Waals surface area contributed by atoms with Gasteiger partial charge in [0, 0.05) is 38.3 Å². The van der Waals surface area contributed by atoms with Gasteiger partial charge in [0.15, 0.2) is 5.82 Å². The van der Waals surface area contributed by atoms with Crippen LogP contribution in [0.15, 0.2) is 54.6 Å². The van der Waals surface area contributed by atoms with E-state index in [4.69, 9.17) is 9.72 Å². The number of nitrogens with one attached hydrogen (secondary N) is 1. The van der Waals surface area contributed by atoms with Gasteiger partial charge < -0.3 is 15.0 Å². The van der Waals surface area contributed by atoms with Crippen molar-refractivity contribution in [3.63, 3.8) is 0 Å². The number of hydrogen-bond acceptors (Lipinski definition) is 5. The Morgan fingerprint density at radius 1 is 1.07 bits per heavy atom. The van der Waals surface area contributed by atoms with Crippen LogP contribution in [0.4, 0.5) is 5.82 Å². The Balaban J connectivity index is 1.85. The summed E-state index contributed by atoms with van der Waals surface area (Å²) >= 11 is 0. The number of hydrogen-bond donors (Lipinski definition) is 1. The maximum absolute atomic E-state index is 12.2. The number of benzene rings is 2. The number of carbonyl (C=O) groups is 1. The number of anilines is 1. The molecule has 6 nitrogen and oxygen atoms in total. The monoisotopic (exact) mass is 364 g/mol. The molecule has 2 aromatic carbocycles. The predicted octanol–water partition coefficient (Wildman–Crippen LogP) is 2.89. The second kappa shape index (κ2) is 9.09. The zero-order valence-corrected chi connectivity index (χ0v) is 15.7. The molecule has 3 rings (SSSR count). The molecule has 0 radical (unpaired) electrons. The van der Waals surface area contributed by atoms with E-state index in [1.54, 1.807) is 7.11 Å². The molecule has 0 saturated carbocycles. The average molecular weight is 364 g/mol. The number of rotatable bonds is 8. The molecule has 0 unspecified atom stereocenters. The smallest absolute Gasteiger partial charge is 0.239 e. The highest BCUT2D eigenvalue weighted by molar-refractivity contribution is 5.92. The molecule has 1 amide bonds. The summed E-state index contributed by atoms with van der Waals surface area (Å²) in [5.74, 6) is 1.35. The van der Waals surface area contributed by atoms with Gasteiger partial charge in [-0.3, -0.25) is 4.79 Å². The Kier molecular flexibility index (Phi) is 6.33. The second-order valence-corrected chi connectivity index (χ2v) is 6.31. The lowest BCUT2D eigenvalue weighted by atomic mass is 10.2. The molecule has 0 aliphatic carbocycles. The minimum absolute atomic E-state index is 0.0439. The number of nitrogens with zero attached hydrogens (tertiary/aromatic N) is 3. The molecule has 0 saturated heterocycles. The first-order valence-electron chi connectivity index (χ1n) is 8.98. The van der Waals surface area contributed by atoms with Crippen molar-refractivity contribution in [1.82, 2.24) is 15.3 Å². The van der Waals surface area contributed by atoms with Crippen molar-refractivity contribution in [2.24, 2.45) is 0 Å². The van der Waals surface area contributed by atoms with E-state index in [-0.39, 0.29) is 12.5 Å². The standard InChI is InChI=1S/C21H24N4O2/c1-25(15-19(26)22-13-8-14-27-2)21-17-11-6-7-12-18(17)23-20(24-21)16-9-4-3-5-10-16/h3-7,9-12H,8,13-15H2,1-2H3,(H,22,26). The van der Waals surface area contributed by atoms with Crippen LogP contribution in [-0.4, -0.2) is 49.7 Å². The van der Waals surface area contributed by atoms with Gasteiger partial charge >= 0.3 is 0 Å². The van der Waals surface area contributed by atoms with Crippen molar-refractivity contribution in [2.45, 2.75) is 6.42 Å². The fourth-order valence-corrected chi connectivity index (χ4v) is 2.86. The van der Waals surface area contributed by atoms with Gasteiger partial charge in [0.1, 0.15) is 5.82 Å². The van der Waals surface area contributed by atoms with Crippen LogP contribution in [0.3, 0.4) is 0 Å². The predicted molar refractivity (Wildman–Crippen MR) is 108 cm³/mol. The van der Waals surface area contributed by atoms with Gasteiger partial charge in [0.25, 0.3) is 0 Å². The van der Waals surface area contributed by atoms with Crippen molar-refractivity contribution >= 4 is 22.6 Å². The molecule has 0 aliphatic heterocycles. The van der Waals surface area contributed by atoms with Crippen LogP contribution in [0, 0.1) is 0 Å². The minimum atomic E-state index is -0.0439. The highest BCUT2D eigenvalue weighted by Crippen LogP contribution is 2.26. The molecule has 0 aliphatic rings. The summed E-state index contributed by atoms with van der Waals surface area (Å²) in [6, 6.07) is 17.7. The van der Waals surface area contributed by atoms with Crippen LogP contribution < -0.4 is 10.2 Å². The molecule has 3 aromatic rings. The van der Waals surface area contributed by atoms with Crippen LogP contribution in [0.25, 0.3) is 22.3 Å². The van der Waals surface area contributed by atoms with Crippen molar-refractivity contribution in [3.05, 3.63) is 54.6 Å². The Bertz CT molecular complexity index is 899.